The van der Waals surface area contributed by atoms with E-state index in [9.17, 15) is 27.6 Å². The number of unbranched alkanes of at least 4 members (excludes halogenated alkanes) is 1. The molecule has 2 rings (SSSR count). The summed E-state index contributed by atoms with van der Waals surface area (Å²) < 4.78 is 45.4. The van der Waals surface area contributed by atoms with E-state index in [-0.39, 0.29) is 23.9 Å². The van der Waals surface area contributed by atoms with Gasteiger partial charge in [-0.2, -0.15) is 13.2 Å². The van der Waals surface area contributed by atoms with Gasteiger partial charge in [-0.05, 0) is 43.0 Å². The number of furan rings is 1. The first-order valence-corrected chi connectivity index (χ1v) is 13.1. The van der Waals surface area contributed by atoms with E-state index < -0.39 is 41.2 Å². The second-order valence-corrected chi connectivity index (χ2v) is 9.93. The Labute approximate surface area is 213 Å². The number of thioether (sulfide) groups is 1. The molecule has 10 heteroatoms. The van der Waals surface area contributed by atoms with Crippen LogP contribution in [-0.4, -0.2) is 35.4 Å². The fourth-order valence-electron chi connectivity index (χ4n) is 3.61. The van der Waals surface area contributed by atoms with Crippen molar-refractivity contribution in [3.63, 3.8) is 0 Å². The average molecular weight is 527 g/mol. The van der Waals surface area contributed by atoms with Crippen molar-refractivity contribution in [2.75, 3.05) is 5.75 Å². The molecular formula is C26H33F3N2O4S. The third-order valence-corrected chi connectivity index (χ3v) is 6.40. The van der Waals surface area contributed by atoms with Crippen LogP contribution in [0.5, 0.6) is 0 Å². The molecule has 1 aromatic heterocycles. The summed E-state index contributed by atoms with van der Waals surface area (Å²) in [5.41, 5.74) is -1.63. The van der Waals surface area contributed by atoms with Crippen molar-refractivity contribution in [2.45, 2.75) is 70.5 Å². The Bertz CT molecular complexity index is 993. The maximum absolute atomic E-state index is 13.4. The van der Waals surface area contributed by atoms with Crippen LogP contribution in [0.4, 0.5) is 13.2 Å². The molecule has 0 radical (unpaired) electrons. The molecule has 0 aliphatic rings. The second-order valence-electron chi connectivity index (χ2n) is 8.94. The summed E-state index contributed by atoms with van der Waals surface area (Å²) in [4.78, 5) is 38.8. The Morgan fingerprint density at radius 2 is 1.75 bits per heavy atom. The Hall–Kier alpha value is -2.75. The zero-order valence-electron chi connectivity index (χ0n) is 20.7. The van der Waals surface area contributed by atoms with Crippen molar-refractivity contribution in [1.82, 2.24) is 10.6 Å². The van der Waals surface area contributed by atoms with Gasteiger partial charge < -0.3 is 15.1 Å². The number of benzene rings is 1. The molecule has 2 amide bonds. The number of ketones is 1. The van der Waals surface area contributed by atoms with Crippen LogP contribution in [-0.2, 0) is 21.5 Å². The number of halogens is 3. The molecule has 1 heterocycles. The predicted octanol–water partition coefficient (Wildman–Crippen LogP) is 5.62. The minimum atomic E-state index is -4.71. The topological polar surface area (TPSA) is 88.4 Å². The molecule has 0 bridgehead atoms. The molecular weight excluding hydrogens is 493 g/mol. The van der Waals surface area contributed by atoms with Crippen molar-refractivity contribution in [3.05, 3.63) is 59.5 Å². The lowest BCUT2D eigenvalue weighted by Gasteiger charge is -2.24. The van der Waals surface area contributed by atoms with E-state index >= 15 is 0 Å². The van der Waals surface area contributed by atoms with Crippen LogP contribution < -0.4 is 10.6 Å². The summed E-state index contributed by atoms with van der Waals surface area (Å²) >= 11 is 1.37. The molecule has 0 saturated carbocycles. The Kier molecular flexibility index (Phi) is 11.6. The van der Waals surface area contributed by atoms with Gasteiger partial charge in [0.25, 0.3) is 5.91 Å². The number of nitrogens with one attached hydrogen (secondary N) is 2. The standard InChI is InChI=1S/C26H33F3N2O4S/c1-4-5-12-21(23(32)16-36-15-18-9-8-13-35-18)30-25(34)22(14-17(2)3)31-24(33)19-10-6-7-11-20(19)26(27,28)29/h6-11,13,17,21-22H,4-5,12,14-16H2,1-3H3,(H,30,34)(H,31,33). The summed E-state index contributed by atoms with van der Waals surface area (Å²) in [5.74, 6) is -0.368. The summed E-state index contributed by atoms with van der Waals surface area (Å²) in [6, 6.07) is 6.16. The highest BCUT2D eigenvalue weighted by Gasteiger charge is 2.36. The van der Waals surface area contributed by atoms with Crippen LogP contribution >= 0.6 is 11.8 Å². The molecule has 1 aromatic carbocycles. The first-order valence-electron chi connectivity index (χ1n) is 11.9. The Balaban J connectivity index is 2.11. The molecule has 36 heavy (non-hydrogen) atoms. The van der Waals surface area contributed by atoms with E-state index in [0.717, 1.165) is 24.3 Å². The van der Waals surface area contributed by atoms with E-state index in [4.69, 9.17) is 4.42 Å². The Morgan fingerprint density at radius 3 is 2.36 bits per heavy atom. The minimum Gasteiger partial charge on any atom is -0.468 e. The van der Waals surface area contributed by atoms with Gasteiger partial charge in [0.1, 0.15) is 11.8 Å². The van der Waals surface area contributed by atoms with Crippen molar-refractivity contribution in [3.8, 4) is 0 Å². The lowest BCUT2D eigenvalue weighted by atomic mass is 10.00. The lowest BCUT2D eigenvalue weighted by Crippen LogP contribution is -2.52. The van der Waals surface area contributed by atoms with Gasteiger partial charge in [-0.25, -0.2) is 0 Å². The molecule has 0 aliphatic carbocycles. The van der Waals surface area contributed by atoms with Gasteiger partial charge in [0.2, 0.25) is 5.91 Å². The second kappa shape index (κ2) is 14.1. The minimum absolute atomic E-state index is 0.0347. The van der Waals surface area contributed by atoms with Gasteiger partial charge in [0.15, 0.2) is 5.78 Å². The number of carbonyl (C=O) groups is 3. The highest BCUT2D eigenvalue weighted by molar-refractivity contribution is 7.99. The van der Waals surface area contributed by atoms with Gasteiger partial charge in [0, 0.05) is 0 Å². The summed E-state index contributed by atoms with van der Waals surface area (Å²) in [7, 11) is 0. The van der Waals surface area contributed by atoms with Crippen LogP contribution in [0.1, 0.15) is 68.1 Å². The van der Waals surface area contributed by atoms with Crippen molar-refractivity contribution < 1.29 is 32.0 Å². The third-order valence-electron chi connectivity index (χ3n) is 5.43. The SMILES string of the molecule is CCCCC(NC(=O)C(CC(C)C)NC(=O)c1ccccc1C(F)(F)F)C(=O)CSCc1ccco1. The third kappa shape index (κ3) is 9.37. The zero-order valence-corrected chi connectivity index (χ0v) is 21.5. The van der Waals surface area contributed by atoms with E-state index in [2.05, 4.69) is 10.6 Å². The number of hydrogen-bond acceptors (Lipinski definition) is 5. The van der Waals surface area contributed by atoms with Crippen LogP contribution in [0.2, 0.25) is 0 Å². The smallest absolute Gasteiger partial charge is 0.417 e. The molecule has 0 aliphatic heterocycles. The number of hydrogen-bond donors (Lipinski definition) is 2. The average Bonchev–Trinajstić information content (AvgIpc) is 3.33. The molecule has 0 saturated heterocycles. The number of rotatable bonds is 14. The monoisotopic (exact) mass is 526 g/mol. The Morgan fingerprint density at radius 1 is 1.03 bits per heavy atom. The fraction of sp³-hybridized carbons (Fsp3) is 0.500. The van der Waals surface area contributed by atoms with E-state index in [1.807, 2.05) is 26.8 Å². The number of alkyl halides is 3. The fourth-order valence-corrected chi connectivity index (χ4v) is 4.48. The van der Waals surface area contributed by atoms with Crippen LogP contribution in [0.25, 0.3) is 0 Å². The maximum Gasteiger partial charge on any atom is 0.417 e. The molecule has 0 spiro atoms. The summed E-state index contributed by atoms with van der Waals surface area (Å²) in [5, 5.41) is 5.20. The highest BCUT2D eigenvalue weighted by atomic mass is 32.2. The van der Waals surface area contributed by atoms with E-state index in [1.165, 1.54) is 23.9 Å². The highest BCUT2D eigenvalue weighted by Crippen LogP contribution is 2.31. The summed E-state index contributed by atoms with van der Waals surface area (Å²) in [6.07, 6.45) is -0.998. The zero-order chi connectivity index (χ0) is 26.7. The molecule has 198 valence electrons. The molecule has 2 unspecified atom stereocenters. The quantitative estimate of drug-likeness (QED) is 0.334. The van der Waals surface area contributed by atoms with Crippen molar-refractivity contribution >= 4 is 29.4 Å². The normalized spacial score (nSPS) is 13.3. The molecule has 2 atom stereocenters. The first-order chi connectivity index (χ1) is 17.0. The molecule has 2 N–H and O–H groups in total. The van der Waals surface area contributed by atoms with Crippen LogP contribution in [0, 0.1) is 5.92 Å². The largest absolute Gasteiger partial charge is 0.468 e. The molecule has 6 nitrogen and oxygen atoms in total. The van der Waals surface area contributed by atoms with Gasteiger partial charge in [-0.1, -0.05) is 45.7 Å². The summed E-state index contributed by atoms with van der Waals surface area (Å²) in [6.45, 7) is 5.64. The van der Waals surface area contributed by atoms with Gasteiger partial charge in [-0.15, -0.1) is 11.8 Å². The van der Waals surface area contributed by atoms with Gasteiger partial charge >= 0.3 is 6.18 Å². The van der Waals surface area contributed by atoms with E-state index in [0.29, 0.717) is 18.6 Å². The molecule has 0 fully saturated rings. The van der Waals surface area contributed by atoms with Crippen LogP contribution in [0.3, 0.4) is 0 Å². The van der Waals surface area contributed by atoms with Gasteiger partial charge in [-0.3, -0.25) is 14.4 Å². The predicted molar refractivity (Wildman–Crippen MR) is 133 cm³/mol. The lowest BCUT2D eigenvalue weighted by molar-refractivity contribution is -0.138. The van der Waals surface area contributed by atoms with Gasteiger partial charge in [0.05, 0.1) is 34.9 Å². The van der Waals surface area contributed by atoms with Crippen molar-refractivity contribution in [2.24, 2.45) is 5.92 Å². The van der Waals surface area contributed by atoms with Crippen LogP contribution in [0.15, 0.2) is 47.1 Å². The molecule has 2 aromatic rings. The first kappa shape index (κ1) is 29.5. The maximum atomic E-state index is 13.4. The number of amides is 2. The van der Waals surface area contributed by atoms with Crippen molar-refractivity contribution in [1.29, 1.82) is 0 Å². The number of carbonyl (C=O) groups excluding carboxylic acids is 3. The number of Topliss-reactive ketones (excluding diaryl/α,β-unsaturated/α-hetero) is 1. The van der Waals surface area contributed by atoms with E-state index in [1.54, 1.807) is 12.3 Å².